The molecule has 2 aromatic rings. The molecular formula is C19H22O5. The third-order valence-electron chi connectivity index (χ3n) is 3.58. The van der Waals surface area contributed by atoms with Crippen LogP contribution in [0.25, 0.3) is 0 Å². The minimum absolute atomic E-state index is 0.243. The van der Waals surface area contributed by atoms with Crippen molar-refractivity contribution in [3.63, 3.8) is 0 Å². The average molecular weight is 330 g/mol. The van der Waals surface area contributed by atoms with E-state index in [0.29, 0.717) is 23.7 Å². The van der Waals surface area contributed by atoms with E-state index in [1.165, 1.54) is 0 Å². The molecule has 0 saturated heterocycles. The molecule has 2 aromatic carbocycles. The van der Waals surface area contributed by atoms with E-state index in [1.54, 1.807) is 21.3 Å². The number of hydrogen-bond acceptors (Lipinski definition) is 5. The van der Waals surface area contributed by atoms with Gasteiger partial charge in [0.15, 0.2) is 11.5 Å². The van der Waals surface area contributed by atoms with Crippen molar-refractivity contribution in [2.24, 2.45) is 0 Å². The zero-order valence-corrected chi connectivity index (χ0v) is 14.2. The SMILES string of the molecule is COc1cc(CCC(=O)OCc2ccccc2)cc(OC)c1OC. The summed E-state index contributed by atoms with van der Waals surface area (Å²) in [6.07, 6.45) is 0.815. The summed E-state index contributed by atoms with van der Waals surface area (Å²) in [6, 6.07) is 13.3. The molecule has 0 unspecified atom stereocenters. The van der Waals surface area contributed by atoms with Crippen molar-refractivity contribution in [3.05, 3.63) is 53.6 Å². The lowest BCUT2D eigenvalue weighted by atomic mass is 10.1. The monoisotopic (exact) mass is 330 g/mol. The van der Waals surface area contributed by atoms with Gasteiger partial charge in [-0.3, -0.25) is 4.79 Å². The summed E-state index contributed by atoms with van der Waals surface area (Å²) >= 11 is 0. The van der Waals surface area contributed by atoms with Crippen LogP contribution in [0.4, 0.5) is 0 Å². The number of carbonyl (C=O) groups excluding carboxylic acids is 1. The van der Waals surface area contributed by atoms with E-state index >= 15 is 0 Å². The molecule has 128 valence electrons. The van der Waals surface area contributed by atoms with Crippen molar-refractivity contribution >= 4 is 5.97 Å². The molecule has 0 amide bonds. The number of methoxy groups -OCH3 is 3. The van der Waals surface area contributed by atoms with Crippen molar-refractivity contribution < 1.29 is 23.7 Å². The molecule has 5 heteroatoms. The minimum atomic E-state index is -0.243. The number of benzene rings is 2. The van der Waals surface area contributed by atoms with Gasteiger partial charge < -0.3 is 18.9 Å². The number of hydrogen-bond donors (Lipinski definition) is 0. The molecule has 0 bridgehead atoms. The van der Waals surface area contributed by atoms with Gasteiger partial charge in [0.25, 0.3) is 0 Å². The molecule has 24 heavy (non-hydrogen) atoms. The minimum Gasteiger partial charge on any atom is -0.493 e. The average Bonchev–Trinajstić information content (AvgIpc) is 2.64. The van der Waals surface area contributed by atoms with Gasteiger partial charge in [0.2, 0.25) is 5.75 Å². The lowest BCUT2D eigenvalue weighted by Gasteiger charge is -2.14. The summed E-state index contributed by atoms with van der Waals surface area (Å²) in [5, 5.41) is 0. The summed E-state index contributed by atoms with van der Waals surface area (Å²) < 4.78 is 21.2. The van der Waals surface area contributed by atoms with Crippen LogP contribution in [0, 0.1) is 0 Å². The predicted octanol–water partition coefficient (Wildman–Crippen LogP) is 3.39. The molecule has 0 saturated carbocycles. The van der Waals surface area contributed by atoms with Crippen molar-refractivity contribution in [3.8, 4) is 17.2 Å². The maximum atomic E-state index is 11.9. The molecule has 0 radical (unpaired) electrons. The smallest absolute Gasteiger partial charge is 0.306 e. The zero-order chi connectivity index (χ0) is 17.4. The molecule has 0 fully saturated rings. The first kappa shape index (κ1) is 17.7. The summed E-state index contributed by atoms with van der Waals surface area (Å²) in [4.78, 5) is 11.9. The van der Waals surface area contributed by atoms with Crippen molar-refractivity contribution in [2.75, 3.05) is 21.3 Å². The Hall–Kier alpha value is -2.69. The standard InChI is InChI=1S/C19H22O5/c1-21-16-11-15(12-17(22-2)19(16)23-3)9-10-18(20)24-13-14-7-5-4-6-8-14/h4-8,11-12H,9-10,13H2,1-3H3. The zero-order valence-electron chi connectivity index (χ0n) is 14.2. The predicted molar refractivity (Wildman–Crippen MR) is 90.7 cm³/mol. The number of ether oxygens (including phenoxy) is 4. The van der Waals surface area contributed by atoms with E-state index < -0.39 is 0 Å². The lowest BCUT2D eigenvalue weighted by molar-refractivity contribution is -0.144. The van der Waals surface area contributed by atoms with Gasteiger partial charge in [0, 0.05) is 6.42 Å². The van der Waals surface area contributed by atoms with Crippen LogP contribution < -0.4 is 14.2 Å². The van der Waals surface area contributed by atoms with E-state index in [9.17, 15) is 4.79 Å². The van der Waals surface area contributed by atoms with E-state index in [1.807, 2.05) is 42.5 Å². The lowest BCUT2D eigenvalue weighted by Crippen LogP contribution is -2.06. The molecule has 0 aromatic heterocycles. The fraction of sp³-hybridized carbons (Fsp3) is 0.316. The molecule has 5 nitrogen and oxygen atoms in total. The van der Waals surface area contributed by atoms with Crippen LogP contribution >= 0.6 is 0 Å². The first-order valence-electron chi connectivity index (χ1n) is 7.66. The first-order chi connectivity index (χ1) is 11.7. The number of aryl methyl sites for hydroxylation is 1. The second kappa shape index (κ2) is 8.82. The molecular weight excluding hydrogens is 308 g/mol. The van der Waals surface area contributed by atoms with Crippen molar-refractivity contribution in [2.45, 2.75) is 19.4 Å². The van der Waals surface area contributed by atoms with Crippen LogP contribution in [0.15, 0.2) is 42.5 Å². The van der Waals surface area contributed by atoms with Gasteiger partial charge in [0.05, 0.1) is 21.3 Å². The van der Waals surface area contributed by atoms with Gasteiger partial charge >= 0.3 is 5.97 Å². The third-order valence-corrected chi connectivity index (χ3v) is 3.58. The fourth-order valence-electron chi connectivity index (χ4n) is 2.34. The molecule has 0 atom stereocenters. The van der Waals surface area contributed by atoms with Crippen LogP contribution in [-0.4, -0.2) is 27.3 Å². The Balaban J connectivity index is 1.94. The van der Waals surface area contributed by atoms with Crippen molar-refractivity contribution in [1.82, 2.24) is 0 Å². The molecule has 0 aliphatic carbocycles. The molecule has 0 aliphatic rings. The second-order valence-electron chi connectivity index (χ2n) is 5.18. The summed E-state index contributed by atoms with van der Waals surface area (Å²) in [5.41, 5.74) is 1.89. The third kappa shape index (κ3) is 4.65. The van der Waals surface area contributed by atoms with Crippen LogP contribution in [0.2, 0.25) is 0 Å². The summed E-state index contributed by atoms with van der Waals surface area (Å²) in [6.45, 7) is 0.287. The highest BCUT2D eigenvalue weighted by Gasteiger charge is 2.14. The number of esters is 1. The van der Waals surface area contributed by atoms with Gasteiger partial charge in [-0.2, -0.15) is 0 Å². The van der Waals surface area contributed by atoms with Gasteiger partial charge in [-0.25, -0.2) is 0 Å². The topological polar surface area (TPSA) is 54.0 Å². The van der Waals surface area contributed by atoms with Crippen LogP contribution in [0.5, 0.6) is 17.2 Å². The van der Waals surface area contributed by atoms with Crippen LogP contribution in [0.3, 0.4) is 0 Å². The maximum Gasteiger partial charge on any atom is 0.306 e. The number of carbonyl (C=O) groups is 1. The Bertz CT molecular complexity index is 642. The molecule has 2 rings (SSSR count). The highest BCUT2D eigenvalue weighted by Crippen LogP contribution is 2.38. The first-order valence-corrected chi connectivity index (χ1v) is 7.66. The molecule has 0 aliphatic heterocycles. The molecule has 0 heterocycles. The second-order valence-corrected chi connectivity index (χ2v) is 5.18. The quantitative estimate of drug-likeness (QED) is 0.695. The normalized spacial score (nSPS) is 10.1. The molecule has 0 N–H and O–H groups in total. The highest BCUT2D eigenvalue weighted by atomic mass is 16.5. The Morgan fingerprint density at radius 3 is 2.04 bits per heavy atom. The van der Waals surface area contributed by atoms with E-state index in [0.717, 1.165) is 11.1 Å². The summed E-state index contributed by atoms with van der Waals surface area (Å²) in [7, 11) is 4.69. The number of rotatable bonds is 8. The fourth-order valence-corrected chi connectivity index (χ4v) is 2.34. The van der Waals surface area contributed by atoms with E-state index in [2.05, 4.69) is 0 Å². The van der Waals surface area contributed by atoms with Gasteiger partial charge in [0.1, 0.15) is 6.61 Å². The largest absolute Gasteiger partial charge is 0.493 e. The van der Waals surface area contributed by atoms with Crippen LogP contribution in [0.1, 0.15) is 17.5 Å². The van der Waals surface area contributed by atoms with E-state index in [-0.39, 0.29) is 19.0 Å². The molecule has 0 spiro atoms. The maximum absolute atomic E-state index is 11.9. The highest BCUT2D eigenvalue weighted by molar-refractivity contribution is 5.70. The summed E-state index contributed by atoms with van der Waals surface area (Å²) in [5.74, 6) is 1.44. The van der Waals surface area contributed by atoms with E-state index in [4.69, 9.17) is 18.9 Å². The van der Waals surface area contributed by atoms with Gasteiger partial charge in [-0.15, -0.1) is 0 Å². The Kier molecular flexibility index (Phi) is 6.49. The van der Waals surface area contributed by atoms with Gasteiger partial charge in [-0.05, 0) is 29.7 Å². The van der Waals surface area contributed by atoms with Gasteiger partial charge in [-0.1, -0.05) is 30.3 Å². The Morgan fingerprint density at radius 1 is 0.875 bits per heavy atom. The van der Waals surface area contributed by atoms with Crippen molar-refractivity contribution in [1.29, 1.82) is 0 Å². The Morgan fingerprint density at radius 2 is 1.50 bits per heavy atom. The Labute approximate surface area is 142 Å². The van der Waals surface area contributed by atoms with Crippen LogP contribution in [-0.2, 0) is 22.6 Å².